The van der Waals surface area contributed by atoms with Crippen LogP contribution in [0.25, 0.3) is 0 Å². The highest BCUT2D eigenvalue weighted by molar-refractivity contribution is 7.91. The molecular weight excluding hydrogens is 312 g/mol. The first kappa shape index (κ1) is 17.8. The zero-order valence-corrected chi connectivity index (χ0v) is 14.9. The lowest BCUT2D eigenvalue weighted by Crippen LogP contribution is -2.50. The Balaban J connectivity index is 1.96. The lowest BCUT2D eigenvalue weighted by Gasteiger charge is -2.34. The summed E-state index contributed by atoms with van der Waals surface area (Å²) in [7, 11) is -3.40. The second-order valence-corrected chi connectivity index (χ2v) is 8.52. The molecule has 23 heavy (non-hydrogen) atoms. The maximum absolute atomic E-state index is 12.4. The van der Waals surface area contributed by atoms with Gasteiger partial charge in [0.15, 0.2) is 9.84 Å². The summed E-state index contributed by atoms with van der Waals surface area (Å²) in [6.07, 6.45) is 3.15. The minimum atomic E-state index is -3.40. The number of hydrogen-bond acceptors (Lipinski definition) is 3. The van der Waals surface area contributed by atoms with Crippen LogP contribution in [0.1, 0.15) is 38.7 Å². The molecule has 1 aromatic rings. The average molecular weight is 338 g/mol. The first-order valence-corrected chi connectivity index (χ1v) is 9.81. The molecule has 1 saturated heterocycles. The van der Waals surface area contributed by atoms with E-state index < -0.39 is 15.9 Å². The summed E-state index contributed by atoms with van der Waals surface area (Å²) in [6.45, 7) is 6.42. The van der Waals surface area contributed by atoms with E-state index in [1.54, 1.807) is 36.1 Å². The van der Waals surface area contributed by atoms with Crippen LogP contribution >= 0.6 is 0 Å². The van der Waals surface area contributed by atoms with Gasteiger partial charge in [-0.05, 0) is 52.2 Å². The number of sulfone groups is 1. The molecule has 0 aromatic heterocycles. The van der Waals surface area contributed by atoms with Crippen molar-refractivity contribution >= 4 is 15.9 Å². The molecule has 0 radical (unpaired) electrons. The van der Waals surface area contributed by atoms with Crippen molar-refractivity contribution < 1.29 is 13.2 Å². The van der Waals surface area contributed by atoms with Crippen LogP contribution < -0.4 is 5.32 Å². The van der Waals surface area contributed by atoms with Crippen LogP contribution in [-0.4, -0.2) is 43.7 Å². The minimum Gasteiger partial charge on any atom is -0.334 e. The Kier molecular flexibility index (Phi) is 5.68. The number of aryl methyl sites for hydroxylation is 1. The van der Waals surface area contributed by atoms with Gasteiger partial charge in [-0.1, -0.05) is 17.7 Å². The summed E-state index contributed by atoms with van der Waals surface area (Å²) in [5.74, 6) is -0.0932. The summed E-state index contributed by atoms with van der Waals surface area (Å²) in [6, 6.07) is 6.42. The molecule has 0 unspecified atom stereocenters. The second-order valence-electron chi connectivity index (χ2n) is 6.48. The normalized spacial score (nSPS) is 20.1. The van der Waals surface area contributed by atoms with E-state index in [0.717, 1.165) is 31.4 Å². The highest BCUT2D eigenvalue weighted by Gasteiger charge is 2.26. The Hall–Kier alpha value is -1.56. The smallest absolute Gasteiger partial charge is 0.317 e. The van der Waals surface area contributed by atoms with E-state index in [4.69, 9.17) is 0 Å². The fourth-order valence-corrected chi connectivity index (χ4v) is 4.39. The van der Waals surface area contributed by atoms with Crippen LogP contribution in [0.5, 0.6) is 0 Å². The van der Waals surface area contributed by atoms with E-state index in [2.05, 4.69) is 5.32 Å². The van der Waals surface area contributed by atoms with Gasteiger partial charge in [0.05, 0.1) is 10.6 Å². The van der Waals surface area contributed by atoms with Crippen LogP contribution in [-0.2, 0) is 9.84 Å². The van der Waals surface area contributed by atoms with E-state index in [1.807, 2.05) is 13.8 Å². The third-order valence-electron chi connectivity index (χ3n) is 4.28. The second kappa shape index (κ2) is 7.34. The van der Waals surface area contributed by atoms with Crippen LogP contribution in [0.3, 0.4) is 0 Å². The number of carbonyl (C=O) groups excluding carboxylic acids is 1. The van der Waals surface area contributed by atoms with Crippen molar-refractivity contribution in [1.29, 1.82) is 0 Å². The fourth-order valence-electron chi connectivity index (χ4n) is 2.91. The quantitative estimate of drug-likeness (QED) is 0.918. The number of benzene rings is 1. The van der Waals surface area contributed by atoms with Crippen molar-refractivity contribution in [3.63, 3.8) is 0 Å². The Bertz CT molecular complexity index is 640. The lowest BCUT2D eigenvalue weighted by atomic mass is 10.0. The standard InChI is InChI=1S/C17H26N2O3S/c1-13-7-9-16(10-8-13)23(21,22)12-14(2)18-17(20)19-11-5-4-6-15(19)3/h7-10,14-15H,4-6,11-12H2,1-3H3,(H,18,20)/t14-,15+/m1/s1. The van der Waals surface area contributed by atoms with Crippen molar-refractivity contribution in [2.24, 2.45) is 0 Å². The van der Waals surface area contributed by atoms with Gasteiger partial charge < -0.3 is 10.2 Å². The molecule has 2 amide bonds. The van der Waals surface area contributed by atoms with Crippen LogP contribution in [0, 0.1) is 6.92 Å². The van der Waals surface area contributed by atoms with E-state index in [9.17, 15) is 13.2 Å². The monoisotopic (exact) mass is 338 g/mol. The maximum atomic E-state index is 12.4. The molecule has 1 fully saturated rings. The van der Waals surface area contributed by atoms with Crippen LogP contribution in [0.4, 0.5) is 4.79 Å². The number of amides is 2. The summed E-state index contributed by atoms with van der Waals surface area (Å²) in [5, 5.41) is 2.83. The predicted octanol–water partition coefficient (Wildman–Crippen LogP) is 2.74. The van der Waals surface area contributed by atoms with Gasteiger partial charge in [-0.2, -0.15) is 0 Å². The molecule has 1 heterocycles. The largest absolute Gasteiger partial charge is 0.334 e. The Morgan fingerprint density at radius 3 is 2.57 bits per heavy atom. The van der Waals surface area contributed by atoms with E-state index in [1.165, 1.54) is 0 Å². The van der Waals surface area contributed by atoms with Gasteiger partial charge in [0.2, 0.25) is 0 Å². The van der Waals surface area contributed by atoms with Crippen molar-refractivity contribution in [3.8, 4) is 0 Å². The molecule has 5 nitrogen and oxygen atoms in total. The van der Waals surface area contributed by atoms with Gasteiger partial charge in [0, 0.05) is 18.6 Å². The minimum absolute atomic E-state index is 0.0932. The van der Waals surface area contributed by atoms with Gasteiger partial charge in [-0.15, -0.1) is 0 Å². The zero-order chi connectivity index (χ0) is 17.0. The first-order chi connectivity index (χ1) is 10.8. The summed E-state index contributed by atoms with van der Waals surface area (Å²) in [5.41, 5.74) is 1.02. The van der Waals surface area contributed by atoms with E-state index in [0.29, 0.717) is 4.90 Å². The highest BCUT2D eigenvalue weighted by Crippen LogP contribution is 2.17. The van der Waals surface area contributed by atoms with E-state index >= 15 is 0 Å². The predicted molar refractivity (Wildman–Crippen MR) is 91.2 cm³/mol. The Morgan fingerprint density at radius 1 is 1.30 bits per heavy atom. The average Bonchev–Trinajstić information content (AvgIpc) is 2.47. The number of nitrogens with zero attached hydrogens (tertiary/aromatic N) is 1. The molecule has 1 aromatic carbocycles. The molecule has 0 spiro atoms. The Labute approximate surface area is 139 Å². The molecule has 1 N–H and O–H groups in total. The number of hydrogen-bond donors (Lipinski definition) is 1. The molecule has 1 aliphatic rings. The zero-order valence-electron chi connectivity index (χ0n) is 14.1. The molecular formula is C17H26N2O3S. The van der Waals surface area contributed by atoms with Crippen LogP contribution in [0.15, 0.2) is 29.2 Å². The number of likely N-dealkylation sites (tertiary alicyclic amines) is 1. The number of carbonyl (C=O) groups is 1. The maximum Gasteiger partial charge on any atom is 0.317 e. The van der Waals surface area contributed by atoms with Crippen molar-refractivity contribution in [3.05, 3.63) is 29.8 Å². The molecule has 6 heteroatoms. The van der Waals surface area contributed by atoms with Gasteiger partial charge >= 0.3 is 6.03 Å². The number of rotatable bonds is 4. The summed E-state index contributed by atoms with van der Waals surface area (Å²) < 4.78 is 24.8. The third kappa shape index (κ3) is 4.70. The third-order valence-corrected chi connectivity index (χ3v) is 6.21. The van der Waals surface area contributed by atoms with Crippen molar-refractivity contribution in [2.45, 2.75) is 57.0 Å². The van der Waals surface area contributed by atoms with Crippen molar-refractivity contribution in [1.82, 2.24) is 10.2 Å². The highest BCUT2D eigenvalue weighted by atomic mass is 32.2. The molecule has 2 atom stereocenters. The molecule has 0 bridgehead atoms. The Morgan fingerprint density at radius 2 is 1.96 bits per heavy atom. The molecule has 0 aliphatic carbocycles. The van der Waals surface area contributed by atoms with Gasteiger partial charge in [0.25, 0.3) is 0 Å². The number of urea groups is 1. The SMILES string of the molecule is Cc1ccc(S(=O)(=O)C[C@@H](C)NC(=O)N2CCCC[C@@H]2C)cc1. The molecule has 128 valence electrons. The van der Waals surface area contributed by atoms with Gasteiger partial charge in [-0.3, -0.25) is 0 Å². The summed E-state index contributed by atoms with van der Waals surface area (Å²) in [4.78, 5) is 14.4. The van der Waals surface area contributed by atoms with Gasteiger partial charge in [-0.25, -0.2) is 13.2 Å². The first-order valence-electron chi connectivity index (χ1n) is 8.16. The number of piperidine rings is 1. The molecule has 0 saturated carbocycles. The van der Waals surface area contributed by atoms with Gasteiger partial charge in [0.1, 0.15) is 0 Å². The fraction of sp³-hybridized carbons (Fsp3) is 0.588. The molecule has 2 rings (SSSR count). The summed E-state index contributed by atoms with van der Waals surface area (Å²) >= 11 is 0. The van der Waals surface area contributed by atoms with E-state index in [-0.39, 0.29) is 17.8 Å². The lowest BCUT2D eigenvalue weighted by molar-refractivity contribution is 0.156. The topological polar surface area (TPSA) is 66.5 Å². The number of nitrogens with one attached hydrogen (secondary N) is 1. The van der Waals surface area contributed by atoms with Crippen molar-refractivity contribution in [2.75, 3.05) is 12.3 Å². The molecule has 1 aliphatic heterocycles. The van der Waals surface area contributed by atoms with Crippen LogP contribution in [0.2, 0.25) is 0 Å².